The molecule has 1 saturated carbocycles. The first-order chi connectivity index (χ1) is 12.1. The van der Waals surface area contributed by atoms with Crippen LogP contribution in [0, 0.1) is 5.92 Å². The average Bonchev–Trinajstić information content (AvgIpc) is 2.97. The lowest BCUT2D eigenvalue weighted by molar-refractivity contribution is -0.142. The van der Waals surface area contributed by atoms with Crippen molar-refractivity contribution in [2.45, 2.75) is 50.2 Å². The summed E-state index contributed by atoms with van der Waals surface area (Å²) < 4.78 is 5.38. The third-order valence-corrected chi connectivity index (χ3v) is 6.62. The number of carbonyl (C=O) groups is 1. The third kappa shape index (κ3) is 4.02. The molecule has 25 heavy (non-hydrogen) atoms. The molecule has 0 radical (unpaired) electrons. The highest BCUT2D eigenvalue weighted by Crippen LogP contribution is 2.31. The monoisotopic (exact) mass is 351 g/mol. The Labute approximate surface area is 151 Å². The van der Waals surface area contributed by atoms with Gasteiger partial charge in [0.25, 0.3) is 0 Å². The summed E-state index contributed by atoms with van der Waals surface area (Å²) >= 11 is 0. The van der Waals surface area contributed by atoms with Gasteiger partial charge in [-0.3, -0.25) is 14.6 Å². The van der Waals surface area contributed by atoms with Gasteiger partial charge in [-0.25, -0.2) is 0 Å². The number of likely N-dealkylation sites (tertiary alicyclic amines) is 2. The van der Waals surface area contributed by atoms with Crippen molar-refractivity contribution in [3.05, 3.63) is 0 Å². The van der Waals surface area contributed by atoms with Crippen molar-refractivity contribution in [2.75, 3.05) is 59.0 Å². The molecule has 4 fully saturated rings. The smallest absolute Gasteiger partial charge is 0.228 e. The lowest BCUT2D eigenvalue weighted by Gasteiger charge is -2.46. The number of morpholine rings is 1. The number of ether oxygens (including phenoxy) is 1. The number of aliphatic hydroxyl groups is 1. The van der Waals surface area contributed by atoms with Gasteiger partial charge < -0.3 is 14.7 Å². The Hall–Kier alpha value is -0.690. The minimum Gasteiger partial charge on any atom is -0.387 e. The first kappa shape index (κ1) is 17.7. The minimum atomic E-state index is -0.736. The molecule has 1 atom stereocenters. The molecular weight excluding hydrogens is 318 g/mol. The molecule has 6 heteroatoms. The molecule has 0 bridgehead atoms. The topological polar surface area (TPSA) is 56.2 Å². The standard InChI is InChI=1S/C19H33N3O3/c23-18(16-12-22(13-16)17-4-2-1-3-5-17)21-7-6-19(24,15-21)14-20-8-10-25-11-9-20/h16-17,24H,1-15H2/t19-/m1/s1. The van der Waals surface area contributed by atoms with Crippen LogP contribution in [-0.4, -0.2) is 96.4 Å². The largest absolute Gasteiger partial charge is 0.387 e. The maximum Gasteiger partial charge on any atom is 0.228 e. The van der Waals surface area contributed by atoms with Gasteiger partial charge in [-0.05, 0) is 19.3 Å². The van der Waals surface area contributed by atoms with E-state index in [1.807, 2.05) is 4.90 Å². The van der Waals surface area contributed by atoms with Crippen LogP contribution in [-0.2, 0) is 9.53 Å². The molecule has 1 amide bonds. The summed E-state index contributed by atoms with van der Waals surface area (Å²) in [6.07, 6.45) is 7.40. The Balaban J connectivity index is 1.23. The average molecular weight is 351 g/mol. The highest BCUT2D eigenvalue weighted by atomic mass is 16.5. The van der Waals surface area contributed by atoms with Crippen LogP contribution in [0.3, 0.4) is 0 Å². The van der Waals surface area contributed by atoms with Gasteiger partial charge >= 0.3 is 0 Å². The van der Waals surface area contributed by atoms with Gasteiger partial charge in [0.15, 0.2) is 0 Å². The Morgan fingerprint density at radius 1 is 1.08 bits per heavy atom. The van der Waals surface area contributed by atoms with Gasteiger partial charge in [-0.15, -0.1) is 0 Å². The van der Waals surface area contributed by atoms with E-state index in [9.17, 15) is 9.90 Å². The van der Waals surface area contributed by atoms with Crippen LogP contribution in [0.1, 0.15) is 38.5 Å². The second kappa shape index (κ2) is 7.51. The first-order valence-corrected chi connectivity index (χ1v) is 10.2. The molecule has 0 aromatic heterocycles. The van der Waals surface area contributed by atoms with Crippen molar-refractivity contribution in [1.29, 1.82) is 0 Å². The molecule has 0 aromatic rings. The summed E-state index contributed by atoms with van der Waals surface area (Å²) in [5.74, 6) is 0.428. The van der Waals surface area contributed by atoms with E-state index < -0.39 is 5.60 Å². The molecule has 6 nitrogen and oxygen atoms in total. The zero-order valence-corrected chi connectivity index (χ0v) is 15.4. The fraction of sp³-hybridized carbons (Fsp3) is 0.947. The zero-order chi connectivity index (χ0) is 17.3. The number of nitrogens with zero attached hydrogens (tertiary/aromatic N) is 3. The summed E-state index contributed by atoms with van der Waals surface area (Å²) in [6, 6.07) is 0.717. The Morgan fingerprint density at radius 3 is 2.52 bits per heavy atom. The van der Waals surface area contributed by atoms with E-state index in [1.165, 1.54) is 32.1 Å². The molecule has 142 valence electrons. The molecule has 3 aliphatic heterocycles. The van der Waals surface area contributed by atoms with Gasteiger partial charge in [-0.1, -0.05) is 19.3 Å². The molecule has 1 aliphatic carbocycles. The summed E-state index contributed by atoms with van der Waals surface area (Å²) in [5.41, 5.74) is -0.736. The summed E-state index contributed by atoms with van der Waals surface area (Å²) in [6.45, 7) is 7.01. The predicted octanol–water partition coefficient (Wildman–Crippen LogP) is 0.547. The van der Waals surface area contributed by atoms with Gasteiger partial charge in [0, 0.05) is 45.3 Å². The second-order valence-corrected chi connectivity index (χ2v) is 8.57. The Kier molecular flexibility index (Phi) is 5.32. The highest BCUT2D eigenvalue weighted by Gasteiger charge is 2.44. The molecular formula is C19H33N3O3. The normalized spacial score (nSPS) is 33.6. The van der Waals surface area contributed by atoms with Crippen LogP contribution in [0.15, 0.2) is 0 Å². The molecule has 4 rings (SSSR count). The van der Waals surface area contributed by atoms with Crippen LogP contribution in [0.4, 0.5) is 0 Å². The molecule has 3 heterocycles. The van der Waals surface area contributed by atoms with Crippen molar-refractivity contribution in [2.24, 2.45) is 5.92 Å². The Morgan fingerprint density at radius 2 is 1.80 bits per heavy atom. The minimum absolute atomic E-state index is 0.160. The van der Waals surface area contributed by atoms with Crippen molar-refractivity contribution in [3.63, 3.8) is 0 Å². The van der Waals surface area contributed by atoms with Crippen molar-refractivity contribution in [3.8, 4) is 0 Å². The van der Waals surface area contributed by atoms with E-state index >= 15 is 0 Å². The van der Waals surface area contributed by atoms with Gasteiger partial charge in [-0.2, -0.15) is 0 Å². The summed E-state index contributed by atoms with van der Waals surface area (Å²) in [4.78, 5) is 19.5. The van der Waals surface area contributed by atoms with Crippen molar-refractivity contribution < 1.29 is 14.6 Å². The van der Waals surface area contributed by atoms with E-state index in [2.05, 4.69) is 9.80 Å². The molecule has 0 spiro atoms. The number of carbonyl (C=O) groups excluding carboxylic acids is 1. The van der Waals surface area contributed by atoms with E-state index in [4.69, 9.17) is 4.74 Å². The molecule has 1 N–H and O–H groups in total. The third-order valence-electron chi connectivity index (χ3n) is 6.62. The van der Waals surface area contributed by atoms with Crippen LogP contribution in [0.25, 0.3) is 0 Å². The lowest BCUT2D eigenvalue weighted by atomic mass is 9.88. The van der Waals surface area contributed by atoms with Crippen LogP contribution in [0.2, 0.25) is 0 Å². The fourth-order valence-electron chi connectivity index (χ4n) is 5.02. The van der Waals surface area contributed by atoms with Crippen molar-refractivity contribution >= 4 is 5.91 Å². The molecule has 3 saturated heterocycles. The van der Waals surface area contributed by atoms with Crippen LogP contribution < -0.4 is 0 Å². The van der Waals surface area contributed by atoms with Gasteiger partial charge in [0.05, 0.1) is 31.3 Å². The van der Waals surface area contributed by atoms with Crippen LogP contribution in [0.5, 0.6) is 0 Å². The maximum absolute atomic E-state index is 12.8. The van der Waals surface area contributed by atoms with E-state index in [0.717, 1.165) is 45.4 Å². The SMILES string of the molecule is O=C(C1CN(C2CCCCC2)C1)N1CC[C@@](O)(CN2CCOCC2)C1. The molecule has 0 aromatic carbocycles. The maximum atomic E-state index is 12.8. The zero-order valence-electron chi connectivity index (χ0n) is 15.4. The Bertz CT molecular complexity index is 471. The summed E-state index contributed by atoms with van der Waals surface area (Å²) in [7, 11) is 0. The van der Waals surface area contributed by atoms with Crippen LogP contribution >= 0.6 is 0 Å². The van der Waals surface area contributed by atoms with E-state index in [-0.39, 0.29) is 11.8 Å². The van der Waals surface area contributed by atoms with E-state index in [1.54, 1.807) is 0 Å². The number of β-amino-alcohol motifs (C(OH)–C–C–N with tert-alkyl or cyclic N) is 1. The summed E-state index contributed by atoms with van der Waals surface area (Å²) in [5, 5.41) is 10.9. The number of hydrogen-bond donors (Lipinski definition) is 1. The number of hydrogen-bond acceptors (Lipinski definition) is 5. The molecule has 4 aliphatic rings. The predicted molar refractivity (Wildman–Crippen MR) is 95.3 cm³/mol. The highest BCUT2D eigenvalue weighted by molar-refractivity contribution is 5.80. The van der Waals surface area contributed by atoms with Gasteiger partial charge in [0.1, 0.15) is 0 Å². The number of rotatable bonds is 4. The fourth-order valence-corrected chi connectivity index (χ4v) is 5.02. The first-order valence-electron chi connectivity index (χ1n) is 10.2. The quantitative estimate of drug-likeness (QED) is 0.802. The lowest BCUT2D eigenvalue weighted by Crippen LogP contribution is -2.58. The van der Waals surface area contributed by atoms with Crippen molar-refractivity contribution in [1.82, 2.24) is 14.7 Å². The molecule has 0 unspecified atom stereocenters. The second-order valence-electron chi connectivity index (χ2n) is 8.57. The van der Waals surface area contributed by atoms with Gasteiger partial charge in [0.2, 0.25) is 5.91 Å². The van der Waals surface area contributed by atoms with E-state index in [0.29, 0.717) is 26.1 Å². The number of amides is 1.